The minimum absolute atomic E-state index is 0.176. The first-order valence-corrected chi connectivity index (χ1v) is 6.50. The highest BCUT2D eigenvalue weighted by molar-refractivity contribution is 5.66. The van der Waals surface area contributed by atoms with Gasteiger partial charge in [0.25, 0.3) is 0 Å². The molecule has 4 heteroatoms. The second-order valence-electron chi connectivity index (χ2n) is 5.09. The number of nitrogens with zero attached hydrogens (tertiary/aromatic N) is 2. The first kappa shape index (κ1) is 13.7. The van der Waals surface area contributed by atoms with Crippen molar-refractivity contribution in [1.82, 2.24) is 15.1 Å². The Labute approximate surface area is 113 Å². The fraction of sp³-hybridized carbons (Fsp3) is 0.400. The molecular formula is C15H20FN3. The van der Waals surface area contributed by atoms with E-state index >= 15 is 0 Å². The smallest absolute Gasteiger partial charge is 0.128 e. The molecule has 1 N–H and O–H groups in total. The molecule has 0 bridgehead atoms. The fourth-order valence-electron chi connectivity index (χ4n) is 2.20. The lowest BCUT2D eigenvalue weighted by atomic mass is 9.99. The van der Waals surface area contributed by atoms with E-state index in [2.05, 4.69) is 24.3 Å². The average Bonchev–Trinajstić information content (AvgIpc) is 2.74. The summed E-state index contributed by atoms with van der Waals surface area (Å²) >= 11 is 0. The molecule has 1 heterocycles. The average molecular weight is 261 g/mol. The van der Waals surface area contributed by atoms with Gasteiger partial charge in [-0.3, -0.25) is 4.68 Å². The number of hydrogen-bond donors (Lipinski definition) is 1. The van der Waals surface area contributed by atoms with Crippen molar-refractivity contribution in [2.45, 2.75) is 26.3 Å². The van der Waals surface area contributed by atoms with Crippen molar-refractivity contribution in [3.05, 3.63) is 41.5 Å². The second-order valence-corrected chi connectivity index (χ2v) is 5.09. The van der Waals surface area contributed by atoms with Crippen LogP contribution in [0, 0.1) is 5.82 Å². The standard InChI is InChI=1S/C15H20FN3/c1-10(2)15-13(9-19(4)18-15)11-5-6-12(8-17-3)14(16)7-11/h5-7,9-10,17H,8H2,1-4H3. The predicted molar refractivity (Wildman–Crippen MR) is 75.5 cm³/mol. The van der Waals surface area contributed by atoms with Crippen LogP contribution >= 0.6 is 0 Å². The van der Waals surface area contributed by atoms with Crippen molar-refractivity contribution in [2.75, 3.05) is 7.05 Å². The topological polar surface area (TPSA) is 29.9 Å². The monoisotopic (exact) mass is 261 g/mol. The molecule has 0 atom stereocenters. The zero-order valence-corrected chi connectivity index (χ0v) is 11.9. The molecular weight excluding hydrogens is 241 g/mol. The predicted octanol–water partition coefficient (Wildman–Crippen LogP) is 3.07. The number of aryl methyl sites for hydroxylation is 1. The lowest BCUT2D eigenvalue weighted by Gasteiger charge is -2.08. The van der Waals surface area contributed by atoms with Gasteiger partial charge >= 0.3 is 0 Å². The molecule has 102 valence electrons. The Balaban J connectivity index is 2.45. The highest BCUT2D eigenvalue weighted by Crippen LogP contribution is 2.29. The third-order valence-corrected chi connectivity index (χ3v) is 3.14. The Hall–Kier alpha value is -1.68. The van der Waals surface area contributed by atoms with E-state index in [1.165, 1.54) is 0 Å². The summed E-state index contributed by atoms with van der Waals surface area (Å²) in [7, 11) is 3.70. The summed E-state index contributed by atoms with van der Waals surface area (Å²) in [6, 6.07) is 5.38. The molecule has 0 radical (unpaired) electrons. The molecule has 0 aliphatic heterocycles. The molecule has 0 aliphatic rings. The second kappa shape index (κ2) is 5.53. The highest BCUT2D eigenvalue weighted by Gasteiger charge is 2.14. The lowest BCUT2D eigenvalue weighted by molar-refractivity contribution is 0.601. The van der Waals surface area contributed by atoms with Crippen molar-refractivity contribution in [1.29, 1.82) is 0 Å². The number of nitrogens with one attached hydrogen (secondary N) is 1. The van der Waals surface area contributed by atoms with E-state index in [1.807, 2.05) is 32.4 Å². The van der Waals surface area contributed by atoms with Gasteiger partial charge in [0, 0.05) is 30.9 Å². The molecule has 0 saturated heterocycles. The van der Waals surface area contributed by atoms with Gasteiger partial charge in [0.2, 0.25) is 0 Å². The van der Waals surface area contributed by atoms with Crippen LogP contribution in [0.3, 0.4) is 0 Å². The van der Waals surface area contributed by atoms with E-state index in [0.717, 1.165) is 16.8 Å². The van der Waals surface area contributed by atoms with Crippen molar-refractivity contribution in [2.24, 2.45) is 7.05 Å². The quantitative estimate of drug-likeness (QED) is 0.916. The van der Waals surface area contributed by atoms with Crippen LogP contribution in [0.15, 0.2) is 24.4 Å². The van der Waals surface area contributed by atoms with Crippen LogP contribution in [0.5, 0.6) is 0 Å². The van der Waals surface area contributed by atoms with Gasteiger partial charge in [-0.15, -0.1) is 0 Å². The number of rotatable bonds is 4. The zero-order valence-electron chi connectivity index (χ0n) is 11.9. The molecule has 1 aromatic heterocycles. The normalized spacial score (nSPS) is 11.3. The third-order valence-electron chi connectivity index (χ3n) is 3.14. The Morgan fingerprint density at radius 2 is 2.11 bits per heavy atom. The molecule has 1 aromatic carbocycles. The minimum Gasteiger partial charge on any atom is -0.316 e. The number of benzene rings is 1. The van der Waals surface area contributed by atoms with Crippen LogP contribution in [-0.2, 0) is 13.6 Å². The first-order chi connectivity index (χ1) is 9.02. The number of halogens is 1. The van der Waals surface area contributed by atoms with Crippen molar-refractivity contribution < 1.29 is 4.39 Å². The number of hydrogen-bond acceptors (Lipinski definition) is 2. The summed E-state index contributed by atoms with van der Waals surface area (Å²) in [5.74, 6) is 0.140. The van der Waals surface area contributed by atoms with Crippen LogP contribution in [0.25, 0.3) is 11.1 Å². The maximum absolute atomic E-state index is 14.0. The molecule has 0 amide bonds. The summed E-state index contributed by atoms with van der Waals surface area (Å²) in [5.41, 5.74) is 3.58. The van der Waals surface area contributed by atoms with Gasteiger partial charge in [-0.05, 0) is 24.6 Å². The van der Waals surface area contributed by atoms with Crippen LogP contribution in [0.1, 0.15) is 31.0 Å². The van der Waals surface area contributed by atoms with Crippen molar-refractivity contribution >= 4 is 0 Å². The molecule has 0 spiro atoms. The fourth-order valence-corrected chi connectivity index (χ4v) is 2.20. The van der Waals surface area contributed by atoms with E-state index < -0.39 is 0 Å². The van der Waals surface area contributed by atoms with Crippen molar-refractivity contribution in [3.63, 3.8) is 0 Å². The Kier molecular flexibility index (Phi) is 4.00. The molecule has 0 fully saturated rings. The Bertz CT molecular complexity index is 573. The maximum atomic E-state index is 14.0. The van der Waals surface area contributed by atoms with Gasteiger partial charge in [-0.1, -0.05) is 26.0 Å². The molecule has 0 aliphatic carbocycles. The van der Waals surface area contributed by atoms with Gasteiger partial charge in [0.05, 0.1) is 5.69 Å². The van der Waals surface area contributed by atoms with Gasteiger partial charge in [0.1, 0.15) is 5.82 Å². The Morgan fingerprint density at radius 1 is 1.37 bits per heavy atom. The van der Waals surface area contributed by atoms with E-state index in [9.17, 15) is 4.39 Å². The lowest BCUT2D eigenvalue weighted by Crippen LogP contribution is -2.06. The van der Waals surface area contributed by atoms with E-state index in [4.69, 9.17) is 0 Å². The van der Waals surface area contributed by atoms with Crippen LogP contribution < -0.4 is 5.32 Å². The molecule has 2 aromatic rings. The molecule has 2 rings (SSSR count). The maximum Gasteiger partial charge on any atom is 0.128 e. The molecule has 0 unspecified atom stereocenters. The van der Waals surface area contributed by atoms with E-state index in [0.29, 0.717) is 18.0 Å². The van der Waals surface area contributed by atoms with Gasteiger partial charge in [-0.2, -0.15) is 5.10 Å². The molecule has 3 nitrogen and oxygen atoms in total. The van der Waals surface area contributed by atoms with Crippen molar-refractivity contribution in [3.8, 4) is 11.1 Å². The largest absolute Gasteiger partial charge is 0.316 e. The molecule has 0 saturated carbocycles. The summed E-state index contributed by atoms with van der Waals surface area (Å²) in [4.78, 5) is 0. The number of aromatic nitrogens is 2. The first-order valence-electron chi connectivity index (χ1n) is 6.50. The minimum atomic E-state index is -0.176. The molecule has 19 heavy (non-hydrogen) atoms. The summed E-state index contributed by atoms with van der Waals surface area (Å²) in [6.07, 6.45) is 1.95. The zero-order chi connectivity index (χ0) is 14.0. The third kappa shape index (κ3) is 2.84. The summed E-state index contributed by atoms with van der Waals surface area (Å²) in [6.45, 7) is 4.73. The van der Waals surface area contributed by atoms with E-state index in [1.54, 1.807) is 10.7 Å². The summed E-state index contributed by atoms with van der Waals surface area (Å²) < 4.78 is 15.8. The van der Waals surface area contributed by atoms with Crippen LogP contribution in [-0.4, -0.2) is 16.8 Å². The van der Waals surface area contributed by atoms with Gasteiger partial charge < -0.3 is 5.32 Å². The SMILES string of the molecule is CNCc1ccc(-c2cn(C)nc2C(C)C)cc1F. The Morgan fingerprint density at radius 3 is 2.68 bits per heavy atom. The van der Waals surface area contributed by atoms with Crippen LogP contribution in [0.2, 0.25) is 0 Å². The van der Waals surface area contributed by atoms with Crippen LogP contribution in [0.4, 0.5) is 4.39 Å². The van der Waals surface area contributed by atoms with Gasteiger partial charge in [-0.25, -0.2) is 4.39 Å². The highest BCUT2D eigenvalue weighted by atomic mass is 19.1. The summed E-state index contributed by atoms with van der Waals surface area (Å²) in [5, 5.41) is 7.42. The van der Waals surface area contributed by atoms with Gasteiger partial charge in [0.15, 0.2) is 0 Å². The van der Waals surface area contributed by atoms with E-state index in [-0.39, 0.29) is 5.82 Å².